The summed E-state index contributed by atoms with van der Waals surface area (Å²) in [6.07, 6.45) is 8.38. The topological polar surface area (TPSA) is 3.01 Å². The lowest BCUT2D eigenvalue weighted by molar-refractivity contribution is -0.535. The van der Waals surface area contributed by atoms with Gasteiger partial charge in [0.05, 0.1) is 0 Å². The second-order valence-corrected chi connectivity index (χ2v) is 4.03. The van der Waals surface area contributed by atoms with Crippen LogP contribution in [0.4, 0.5) is 0 Å². The molecule has 1 aliphatic carbocycles. The van der Waals surface area contributed by atoms with Crippen LogP contribution in [0.2, 0.25) is 0 Å². The molecule has 0 saturated heterocycles. The van der Waals surface area contributed by atoms with Crippen LogP contribution in [0.5, 0.6) is 0 Å². The average Bonchev–Trinajstić information content (AvgIpc) is 2.03. The third-order valence-electron chi connectivity index (χ3n) is 3.14. The van der Waals surface area contributed by atoms with Gasteiger partial charge in [0.15, 0.2) is 0 Å². The Labute approximate surface area is 69.1 Å². The van der Waals surface area contributed by atoms with E-state index in [1.54, 1.807) is 0 Å². The van der Waals surface area contributed by atoms with Crippen LogP contribution < -0.4 is 0 Å². The first kappa shape index (κ1) is 7.33. The molecular formula is C10H18N+. The quantitative estimate of drug-likeness (QED) is 0.505. The Bertz CT molecular complexity index is 172. The molecule has 2 bridgehead atoms. The maximum absolute atomic E-state index is 2.51. The second-order valence-electron chi connectivity index (χ2n) is 4.03. The molecule has 2 aliphatic rings. The molecular weight excluding hydrogens is 134 g/mol. The van der Waals surface area contributed by atoms with Crippen molar-refractivity contribution in [2.75, 3.05) is 13.1 Å². The van der Waals surface area contributed by atoms with Gasteiger partial charge in [-0.05, 0) is 26.2 Å². The van der Waals surface area contributed by atoms with Gasteiger partial charge >= 0.3 is 0 Å². The Morgan fingerprint density at radius 1 is 1.45 bits per heavy atom. The standard InChI is InChI=1S/C10H18N/c1-2-11-7-9-4-3-5-10(6-9)8-11/h7,9-10H,2-6,8H2,1H3/q+1. The molecule has 0 amide bonds. The van der Waals surface area contributed by atoms with Crippen molar-refractivity contribution >= 4 is 6.21 Å². The van der Waals surface area contributed by atoms with Gasteiger partial charge in [0.2, 0.25) is 0 Å². The predicted octanol–water partition coefficient (Wildman–Crippen LogP) is 1.91. The number of hydrogen-bond donors (Lipinski definition) is 0. The Morgan fingerprint density at radius 3 is 3.09 bits per heavy atom. The molecule has 0 N–H and O–H groups in total. The zero-order valence-corrected chi connectivity index (χ0v) is 7.42. The minimum atomic E-state index is 0.933. The van der Waals surface area contributed by atoms with Gasteiger partial charge in [0.25, 0.3) is 0 Å². The molecule has 2 atom stereocenters. The lowest BCUT2D eigenvalue weighted by Gasteiger charge is -2.28. The van der Waals surface area contributed by atoms with E-state index < -0.39 is 0 Å². The molecule has 1 heteroatoms. The maximum Gasteiger partial charge on any atom is 0.145 e. The van der Waals surface area contributed by atoms with E-state index in [1.165, 1.54) is 38.8 Å². The Hall–Kier alpha value is -0.330. The summed E-state index contributed by atoms with van der Waals surface area (Å²) in [6.45, 7) is 4.82. The summed E-state index contributed by atoms with van der Waals surface area (Å²) in [7, 11) is 0. The summed E-state index contributed by atoms with van der Waals surface area (Å²) in [5.74, 6) is 1.96. The minimum Gasteiger partial charge on any atom is -0.239 e. The van der Waals surface area contributed by atoms with Crippen LogP contribution in [-0.4, -0.2) is 23.9 Å². The zero-order chi connectivity index (χ0) is 7.68. The molecule has 2 unspecified atom stereocenters. The molecule has 11 heavy (non-hydrogen) atoms. The summed E-state index contributed by atoms with van der Waals surface area (Å²) < 4.78 is 2.51. The largest absolute Gasteiger partial charge is 0.239 e. The molecule has 1 saturated carbocycles. The maximum atomic E-state index is 2.51. The van der Waals surface area contributed by atoms with Gasteiger partial charge in [-0.3, -0.25) is 0 Å². The third kappa shape index (κ3) is 1.47. The van der Waals surface area contributed by atoms with Gasteiger partial charge in [-0.2, -0.15) is 0 Å². The van der Waals surface area contributed by atoms with Crippen molar-refractivity contribution < 1.29 is 4.58 Å². The summed E-state index contributed by atoms with van der Waals surface area (Å²) in [5, 5.41) is 0. The van der Waals surface area contributed by atoms with E-state index >= 15 is 0 Å². The van der Waals surface area contributed by atoms with Crippen LogP contribution in [0.3, 0.4) is 0 Å². The van der Waals surface area contributed by atoms with Crippen molar-refractivity contribution in [1.82, 2.24) is 0 Å². The van der Waals surface area contributed by atoms with E-state index in [0.717, 1.165) is 11.8 Å². The van der Waals surface area contributed by atoms with Crippen molar-refractivity contribution in [2.45, 2.75) is 32.6 Å². The van der Waals surface area contributed by atoms with Crippen molar-refractivity contribution in [3.05, 3.63) is 0 Å². The average molecular weight is 152 g/mol. The van der Waals surface area contributed by atoms with E-state index in [0.29, 0.717) is 0 Å². The monoisotopic (exact) mass is 152 g/mol. The molecule has 62 valence electrons. The fourth-order valence-corrected chi connectivity index (χ4v) is 2.56. The lowest BCUT2D eigenvalue weighted by Crippen LogP contribution is -2.34. The predicted molar refractivity (Wildman–Crippen MR) is 47.2 cm³/mol. The third-order valence-corrected chi connectivity index (χ3v) is 3.14. The SMILES string of the molecule is CC[N+]1=CC2CCCC(C2)C1. The highest BCUT2D eigenvalue weighted by Crippen LogP contribution is 2.30. The van der Waals surface area contributed by atoms with Crippen LogP contribution in [-0.2, 0) is 0 Å². The Kier molecular flexibility index (Phi) is 1.97. The molecule has 0 aromatic rings. The molecule has 1 heterocycles. The zero-order valence-electron chi connectivity index (χ0n) is 7.42. The first-order chi connectivity index (χ1) is 5.38. The van der Waals surface area contributed by atoms with E-state index in [2.05, 4.69) is 17.7 Å². The molecule has 0 spiro atoms. The van der Waals surface area contributed by atoms with E-state index in [4.69, 9.17) is 0 Å². The summed E-state index contributed by atoms with van der Waals surface area (Å²) in [6, 6.07) is 0. The first-order valence-electron chi connectivity index (χ1n) is 4.97. The molecule has 0 aromatic carbocycles. The molecule has 1 fully saturated rings. The number of rotatable bonds is 1. The Balaban J connectivity index is 2.09. The smallest absolute Gasteiger partial charge is 0.145 e. The van der Waals surface area contributed by atoms with E-state index in [-0.39, 0.29) is 0 Å². The number of nitrogens with zero attached hydrogens (tertiary/aromatic N) is 1. The lowest BCUT2D eigenvalue weighted by atomic mass is 9.80. The van der Waals surface area contributed by atoms with Crippen LogP contribution >= 0.6 is 0 Å². The van der Waals surface area contributed by atoms with Crippen LogP contribution in [0.15, 0.2) is 0 Å². The van der Waals surface area contributed by atoms with E-state index in [1.807, 2.05) is 0 Å². The molecule has 1 aliphatic heterocycles. The van der Waals surface area contributed by atoms with Gasteiger partial charge < -0.3 is 0 Å². The number of fused-ring (bicyclic) bond motifs is 2. The van der Waals surface area contributed by atoms with Crippen LogP contribution in [0.25, 0.3) is 0 Å². The highest BCUT2D eigenvalue weighted by molar-refractivity contribution is 5.55. The normalized spacial score (nSPS) is 36.6. The highest BCUT2D eigenvalue weighted by atomic mass is 15.0. The fourth-order valence-electron chi connectivity index (χ4n) is 2.56. The molecule has 2 rings (SSSR count). The molecule has 0 radical (unpaired) electrons. The first-order valence-corrected chi connectivity index (χ1v) is 4.97. The van der Waals surface area contributed by atoms with Crippen molar-refractivity contribution in [2.24, 2.45) is 11.8 Å². The van der Waals surface area contributed by atoms with Crippen molar-refractivity contribution in [3.8, 4) is 0 Å². The molecule has 0 aromatic heterocycles. The van der Waals surface area contributed by atoms with Crippen LogP contribution in [0, 0.1) is 11.8 Å². The van der Waals surface area contributed by atoms with Crippen molar-refractivity contribution in [3.63, 3.8) is 0 Å². The van der Waals surface area contributed by atoms with Gasteiger partial charge in [-0.25, -0.2) is 4.58 Å². The minimum absolute atomic E-state index is 0.933. The second kappa shape index (κ2) is 2.96. The van der Waals surface area contributed by atoms with E-state index in [9.17, 15) is 0 Å². The summed E-state index contributed by atoms with van der Waals surface area (Å²) in [5.41, 5.74) is 0. The van der Waals surface area contributed by atoms with Crippen LogP contribution in [0.1, 0.15) is 32.6 Å². The Morgan fingerprint density at radius 2 is 2.36 bits per heavy atom. The molecule has 1 nitrogen and oxygen atoms in total. The van der Waals surface area contributed by atoms with Crippen molar-refractivity contribution in [1.29, 1.82) is 0 Å². The van der Waals surface area contributed by atoms with Gasteiger partial charge in [-0.15, -0.1) is 0 Å². The van der Waals surface area contributed by atoms with Gasteiger partial charge in [0.1, 0.15) is 19.3 Å². The fraction of sp³-hybridized carbons (Fsp3) is 0.900. The van der Waals surface area contributed by atoms with Gasteiger partial charge in [0, 0.05) is 11.8 Å². The summed E-state index contributed by atoms with van der Waals surface area (Å²) >= 11 is 0. The summed E-state index contributed by atoms with van der Waals surface area (Å²) in [4.78, 5) is 0. The number of hydrogen-bond acceptors (Lipinski definition) is 0. The highest BCUT2D eigenvalue weighted by Gasteiger charge is 2.29. The van der Waals surface area contributed by atoms with Gasteiger partial charge in [-0.1, -0.05) is 6.42 Å².